The Kier molecular flexibility index (Phi) is 6.61. The third-order valence-electron chi connectivity index (χ3n) is 4.37. The van der Waals surface area contributed by atoms with E-state index in [4.69, 9.17) is 20.2 Å². The molecule has 2 aromatic rings. The van der Waals surface area contributed by atoms with Crippen LogP contribution in [0.4, 0.5) is 0 Å². The van der Waals surface area contributed by atoms with Gasteiger partial charge in [0.25, 0.3) is 0 Å². The predicted octanol–water partition coefficient (Wildman–Crippen LogP) is 2.66. The van der Waals surface area contributed by atoms with Gasteiger partial charge in [-0.3, -0.25) is 4.90 Å². The van der Waals surface area contributed by atoms with E-state index in [0.717, 1.165) is 42.2 Å². The van der Waals surface area contributed by atoms with E-state index >= 15 is 0 Å². The van der Waals surface area contributed by atoms with E-state index in [-0.39, 0.29) is 12.4 Å². The summed E-state index contributed by atoms with van der Waals surface area (Å²) in [7, 11) is 3.48. The first kappa shape index (κ1) is 18.4. The van der Waals surface area contributed by atoms with E-state index in [9.17, 15) is 0 Å². The van der Waals surface area contributed by atoms with Crippen LogP contribution in [0.15, 0.2) is 18.2 Å². The van der Waals surface area contributed by atoms with Crippen LogP contribution in [-0.2, 0) is 11.3 Å². The summed E-state index contributed by atoms with van der Waals surface area (Å²) in [6.45, 7) is 2.54. The third kappa shape index (κ3) is 4.14. The maximum atomic E-state index is 5.95. The molecule has 2 heterocycles. The molecule has 128 valence electrons. The highest BCUT2D eigenvalue weighted by atomic mass is 35.5. The SMILES string of the molecule is COc1ccc2nc(CN3CCC(OC)CC3CN)sc2c1.Cl. The number of methoxy groups -OCH3 is 2. The topological polar surface area (TPSA) is 60.6 Å². The highest BCUT2D eigenvalue weighted by Crippen LogP contribution is 2.28. The van der Waals surface area contributed by atoms with Crippen LogP contribution in [0.25, 0.3) is 10.2 Å². The molecule has 1 aliphatic heterocycles. The summed E-state index contributed by atoms with van der Waals surface area (Å²) in [5.74, 6) is 0.878. The van der Waals surface area contributed by atoms with Crippen molar-refractivity contribution in [2.75, 3.05) is 27.3 Å². The molecule has 0 saturated carbocycles. The summed E-state index contributed by atoms with van der Waals surface area (Å²) in [6.07, 6.45) is 2.40. The lowest BCUT2D eigenvalue weighted by atomic mass is 9.99. The second-order valence-corrected chi connectivity index (χ2v) is 6.80. The van der Waals surface area contributed by atoms with Gasteiger partial charge in [-0.1, -0.05) is 0 Å². The first-order valence-electron chi connectivity index (χ1n) is 7.64. The molecular formula is C16H24ClN3O2S. The molecule has 2 N–H and O–H groups in total. The van der Waals surface area contributed by atoms with Crippen LogP contribution in [-0.4, -0.2) is 49.3 Å². The van der Waals surface area contributed by atoms with Crippen LogP contribution in [0.2, 0.25) is 0 Å². The van der Waals surface area contributed by atoms with Crippen molar-refractivity contribution in [3.63, 3.8) is 0 Å². The Morgan fingerprint density at radius 2 is 2.22 bits per heavy atom. The Labute approximate surface area is 147 Å². The van der Waals surface area contributed by atoms with E-state index in [1.165, 1.54) is 4.70 Å². The van der Waals surface area contributed by atoms with Gasteiger partial charge in [0, 0.05) is 26.2 Å². The van der Waals surface area contributed by atoms with Crippen molar-refractivity contribution < 1.29 is 9.47 Å². The number of hydrogen-bond donors (Lipinski definition) is 1. The first-order valence-corrected chi connectivity index (χ1v) is 8.45. The Morgan fingerprint density at radius 1 is 1.39 bits per heavy atom. The quantitative estimate of drug-likeness (QED) is 0.891. The first-order chi connectivity index (χ1) is 10.7. The van der Waals surface area contributed by atoms with Crippen LogP contribution in [0.3, 0.4) is 0 Å². The van der Waals surface area contributed by atoms with E-state index in [0.29, 0.717) is 18.7 Å². The minimum absolute atomic E-state index is 0. The number of thiazole rings is 1. The standard InChI is InChI=1S/C16H23N3O2S.ClH/c1-20-12-3-4-14-15(8-12)22-16(18-14)10-19-6-5-13(21-2)7-11(19)9-17;/h3-4,8,11,13H,5-7,9-10,17H2,1-2H3;1H. The van der Waals surface area contributed by atoms with E-state index < -0.39 is 0 Å². The summed E-state index contributed by atoms with van der Waals surface area (Å²) in [4.78, 5) is 7.17. The molecule has 0 aliphatic carbocycles. The fourth-order valence-electron chi connectivity index (χ4n) is 3.05. The number of nitrogens with two attached hydrogens (primary N) is 1. The van der Waals surface area contributed by atoms with Crippen molar-refractivity contribution in [1.29, 1.82) is 0 Å². The molecule has 1 saturated heterocycles. The monoisotopic (exact) mass is 357 g/mol. The van der Waals surface area contributed by atoms with Crippen LogP contribution in [0.1, 0.15) is 17.8 Å². The summed E-state index contributed by atoms with van der Waals surface area (Å²) < 4.78 is 11.9. The normalized spacial score (nSPS) is 22.0. The number of hydrogen-bond acceptors (Lipinski definition) is 6. The Hall–Kier alpha value is -0.920. The number of halogens is 1. The minimum Gasteiger partial charge on any atom is -0.497 e. The van der Waals surface area contributed by atoms with Gasteiger partial charge in [0.1, 0.15) is 10.8 Å². The van der Waals surface area contributed by atoms with Gasteiger partial charge >= 0.3 is 0 Å². The molecule has 1 fully saturated rings. The summed E-state index contributed by atoms with van der Waals surface area (Å²) in [5.41, 5.74) is 6.99. The summed E-state index contributed by atoms with van der Waals surface area (Å²) >= 11 is 1.73. The zero-order chi connectivity index (χ0) is 15.5. The van der Waals surface area contributed by atoms with Gasteiger partial charge in [0.15, 0.2) is 0 Å². The smallest absolute Gasteiger partial charge is 0.120 e. The molecule has 2 atom stereocenters. The van der Waals surface area contributed by atoms with Crippen molar-refractivity contribution in [2.24, 2.45) is 5.73 Å². The lowest BCUT2D eigenvalue weighted by molar-refractivity contribution is 0.0102. The van der Waals surface area contributed by atoms with Gasteiger partial charge in [0.2, 0.25) is 0 Å². The minimum atomic E-state index is 0. The molecule has 1 aromatic carbocycles. The van der Waals surface area contributed by atoms with Gasteiger partial charge in [-0.05, 0) is 31.0 Å². The number of nitrogens with zero attached hydrogens (tertiary/aromatic N) is 2. The second kappa shape index (κ2) is 8.26. The van der Waals surface area contributed by atoms with Crippen molar-refractivity contribution in [2.45, 2.75) is 31.5 Å². The summed E-state index contributed by atoms with van der Waals surface area (Å²) in [6, 6.07) is 6.40. The van der Waals surface area contributed by atoms with Gasteiger partial charge in [-0.15, -0.1) is 23.7 Å². The van der Waals surface area contributed by atoms with Gasteiger partial charge in [-0.25, -0.2) is 4.98 Å². The molecule has 23 heavy (non-hydrogen) atoms. The lowest BCUT2D eigenvalue weighted by Gasteiger charge is -2.37. The third-order valence-corrected chi connectivity index (χ3v) is 5.38. The molecular weight excluding hydrogens is 334 g/mol. The van der Waals surface area contributed by atoms with Crippen LogP contribution < -0.4 is 10.5 Å². The van der Waals surface area contributed by atoms with Gasteiger partial charge in [-0.2, -0.15) is 0 Å². The zero-order valence-corrected chi connectivity index (χ0v) is 15.2. The number of aromatic nitrogens is 1. The molecule has 0 spiro atoms. The zero-order valence-electron chi connectivity index (χ0n) is 13.5. The Balaban J connectivity index is 0.00000192. The summed E-state index contributed by atoms with van der Waals surface area (Å²) in [5, 5.41) is 1.14. The maximum Gasteiger partial charge on any atom is 0.120 e. The van der Waals surface area contributed by atoms with E-state index in [1.807, 2.05) is 18.2 Å². The average molecular weight is 358 g/mol. The highest BCUT2D eigenvalue weighted by molar-refractivity contribution is 7.18. The number of likely N-dealkylation sites (tertiary alicyclic amines) is 1. The number of benzene rings is 1. The van der Waals surface area contributed by atoms with Gasteiger partial charge in [0.05, 0.1) is 30.0 Å². The van der Waals surface area contributed by atoms with Crippen LogP contribution in [0.5, 0.6) is 5.75 Å². The van der Waals surface area contributed by atoms with Crippen molar-refractivity contribution in [3.05, 3.63) is 23.2 Å². The van der Waals surface area contributed by atoms with Crippen LogP contribution in [0, 0.1) is 0 Å². The number of piperidine rings is 1. The van der Waals surface area contributed by atoms with Crippen LogP contribution >= 0.6 is 23.7 Å². The fourth-order valence-corrected chi connectivity index (χ4v) is 4.07. The fraction of sp³-hybridized carbons (Fsp3) is 0.562. The molecule has 0 amide bonds. The maximum absolute atomic E-state index is 5.95. The van der Waals surface area contributed by atoms with E-state index in [1.54, 1.807) is 25.6 Å². The molecule has 1 aromatic heterocycles. The molecule has 0 bridgehead atoms. The molecule has 0 radical (unpaired) electrons. The molecule has 3 rings (SSSR count). The average Bonchev–Trinajstić information content (AvgIpc) is 2.96. The van der Waals surface area contributed by atoms with Crippen molar-refractivity contribution in [3.8, 4) is 5.75 Å². The largest absolute Gasteiger partial charge is 0.497 e. The van der Waals surface area contributed by atoms with Crippen molar-refractivity contribution in [1.82, 2.24) is 9.88 Å². The Bertz CT molecular complexity index is 637. The lowest BCUT2D eigenvalue weighted by Crippen LogP contribution is -2.47. The molecule has 2 unspecified atom stereocenters. The van der Waals surface area contributed by atoms with Crippen molar-refractivity contribution >= 4 is 34.0 Å². The number of ether oxygens (including phenoxy) is 2. The number of fused-ring (bicyclic) bond motifs is 1. The second-order valence-electron chi connectivity index (χ2n) is 5.68. The molecule has 1 aliphatic rings. The highest BCUT2D eigenvalue weighted by Gasteiger charge is 2.28. The number of rotatable bonds is 5. The van der Waals surface area contributed by atoms with Gasteiger partial charge < -0.3 is 15.2 Å². The van der Waals surface area contributed by atoms with E-state index in [2.05, 4.69) is 4.90 Å². The molecule has 5 nitrogen and oxygen atoms in total. The predicted molar refractivity (Wildman–Crippen MR) is 96.7 cm³/mol. The molecule has 7 heteroatoms. The Morgan fingerprint density at radius 3 is 2.91 bits per heavy atom.